The van der Waals surface area contributed by atoms with Gasteiger partial charge in [-0.2, -0.15) is 5.10 Å². The van der Waals surface area contributed by atoms with Crippen molar-refractivity contribution in [2.75, 3.05) is 0 Å². The zero-order valence-electron chi connectivity index (χ0n) is 10.5. The van der Waals surface area contributed by atoms with Crippen LogP contribution >= 0.6 is 22.9 Å². The molecule has 0 radical (unpaired) electrons. The fourth-order valence-corrected chi connectivity index (χ4v) is 2.56. The first-order chi connectivity index (χ1) is 8.58. The second-order valence-electron chi connectivity index (χ2n) is 4.12. The van der Waals surface area contributed by atoms with Crippen LogP contribution in [-0.2, 0) is 7.05 Å². The molecule has 0 atom stereocenters. The molecule has 0 amide bonds. The molecule has 0 bridgehead atoms. The molecule has 0 spiro atoms. The maximum Gasteiger partial charge on any atom is 0.210 e. The van der Waals surface area contributed by atoms with Crippen LogP contribution < -0.4 is 4.80 Å². The molecule has 0 aliphatic heterocycles. The van der Waals surface area contributed by atoms with Gasteiger partial charge < -0.3 is 4.57 Å². The number of hydrogen-bond acceptors (Lipinski definition) is 3. The third-order valence-electron chi connectivity index (χ3n) is 2.38. The van der Waals surface area contributed by atoms with Crippen LogP contribution in [0.4, 0.5) is 0 Å². The standard InChI is InChI=1S/C13H14ClN3S/c1-9(2)15-16-13-17(3)12(8-18-13)10-5-4-6-11(14)7-10/h4-8H,1-3H3. The van der Waals surface area contributed by atoms with Gasteiger partial charge in [-0.1, -0.05) is 23.7 Å². The van der Waals surface area contributed by atoms with Crippen LogP contribution in [0, 0.1) is 0 Å². The number of halogens is 1. The summed E-state index contributed by atoms with van der Waals surface area (Å²) in [5.74, 6) is 0. The summed E-state index contributed by atoms with van der Waals surface area (Å²) in [6.07, 6.45) is 0. The molecule has 18 heavy (non-hydrogen) atoms. The minimum absolute atomic E-state index is 0.736. The number of rotatable bonds is 2. The summed E-state index contributed by atoms with van der Waals surface area (Å²) in [5.41, 5.74) is 3.11. The van der Waals surface area contributed by atoms with Crippen molar-refractivity contribution in [3.8, 4) is 11.3 Å². The van der Waals surface area contributed by atoms with Gasteiger partial charge in [0.15, 0.2) is 0 Å². The molecule has 0 saturated carbocycles. The highest BCUT2D eigenvalue weighted by Gasteiger charge is 2.04. The molecular weight excluding hydrogens is 266 g/mol. The van der Waals surface area contributed by atoms with Crippen molar-refractivity contribution in [3.05, 3.63) is 39.5 Å². The molecule has 1 aromatic carbocycles. The lowest BCUT2D eigenvalue weighted by Gasteiger charge is -2.02. The van der Waals surface area contributed by atoms with E-state index in [0.29, 0.717) is 0 Å². The van der Waals surface area contributed by atoms with E-state index in [-0.39, 0.29) is 0 Å². The van der Waals surface area contributed by atoms with Gasteiger partial charge in [0.2, 0.25) is 4.80 Å². The third kappa shape index (κ3) is 2.89. The van der Waals surface area contributed by atoms with Crippen molar-refractivity contribution in [3.63, 3.8) is 0 Å². The van der Waals surface area contributed by atoms with Gasteiger partial charge in [-0.25, -0.2) is 0 Å². The number of aromatic nitrogens is 1. The lowest BCUT2D eigenvalue weighted by molar-refractivity contribution is 0.862. The Bertz CT molecular complexity index is 648. The van der Waals surface area contributed by atoms with Gasteiger partial charge in [-0.3, -0.25) is 0 Å². The van der Waals surface area contributed by atoms with Gasteiger partial charge >= 0.3 is 0 Å². The van der Waals surface area contributed by atoms with E-state index in [2.05, 4.69) is 15.6 Å². The molecule has 0 aliphatic rings. The van der Waals surface area contributed by atoms with E-state index in [4.69, 9.17) is 11.6 Å². The SMILES string of the molecule is CC(C)=NN=c1scc(-c2cccc(Cl)c2)n1C. The van der Waals surface area contributed by atoms with E-state index in [0.717, 1.165) is 26.8 Å². The fraction of sp³-hybridized carbons (Fsp3) is 0.231. The molecule has 0 aliphatic carbocycles. The Morgan fingerprint density at radius 2 is 2.11 bits per heavy atom. The highest BCUT2D eigenvalue weighted by atomic mass is 35.5. The van der Waals surface area contributed by atoms with E-state index in [1.54, 1.807) is 11.3 Å². The van der Waals surface area contributed by atoms with E-state index in [1.165, 1.54) is 0 Å². The number of benzene rings is 1. The number of thiazole rings is 1. The predicted molar refractivity (Wildman–Crippen MR) is 78.1 cm³/mol. The van der Waals surface area contributed by atoms with Crippen molar-refractivity contribution in [2.45, 2.75) is 13.8 Å². The Hall–Kier alpha value is -1.39. The molecule has 94 valence electrons. The van der Waals surface area contributed by atoms with Crippen LogP contribution in [0.2, 0.25) is 5.02 Å². The predicted octanol–water partition coefficient (Wildman–Crippen LogP) is 3.70. The molecule has 2 aromatic rings. The zero-order chi connectivity index (χ0) is 13.1. The summed E-state index contributed by atoms with van der Waals surface area (Å²) < 4.78 is 2.02. The normalized spacial score (nSPS) is 11.7. The minimum atomic E-state index is 0.736. The molecule has 3 nitrogen and oxygen atoms in total. The van der Waals surface area contributed by atoms with E-state index >= 15 is 0 Å². The first kappa shape index (κ1) is 13.1. The quantitative estimate of drug-likeness (QED) is 0.593. The van der Waals surface area contributed by atoms with Crippen LogP contribution in [0.25, 0.3) is 11.3 Å². The van der Waals surface area contributed by atoms with Gasteiger partial charge in [0.1, 0.15) is 0 Å². The topological polar surface area (TPSA) is 29.6 Å². The monoisotopic (exact) mass is 279 g/mol. The van der Waals surface area contributed by atoms with Crippen molar-refractivity contribution >= 4 is 28.6 Å². The van der Waals surface area contributed by atoms with Gasteiger partial charge in [-0.05, 0) is 26.0 Å². The molecule has 2 rings (SSSR count). The molecule has 1 heterocycles. The molecular formula is C13H14ClN3S. The second-order valence-corrected chi connectivity index (χ2v) is 5.39. The Labute approximate surface area is 115 Å². The molecule has 0 unspecified atom stereocenters. The van der Waals surface area contributed by atoms with Crippen molar-refractivity contribution < 1.29 is 0 Å². The average molecular weight is 280 g/mol. The molecule has 0 fully saturated rings. The Morgan fingerprint density at radius 1 is 1.33 bits per heavy atom. The van der Waals surface area contributed by atoms with Gasteiger partial charge in [0.05, 0.1) is 5.69 Å². The zero-order valence-corrected chi connectivity index (χ0v) is 12.1. The van der Waals surface area contributed by atoms with Crippen LogP contribution in [0.5, 0.6) is 0 Å². The lowest BCUT2D eigenvalue weighted by atomic mass is 10.2. The van der Waals surface area contributed by atoms with Crippen molar-refractivity contribution in [1.29, 1.82) is 0 Å². The second kappa shape index (κ2) is 5.50. The summed E-state index contributed by atoms with van der Waals surface area (Å²) in [6.45, 7) is 3.85. The third-order valence-corrected chi connectivity index (χ3v) is 3.52. The average Bonchev–Trinajstić information content (AvgIpc) is 2.68. The smallest absolute Gasteiger partial charge is 0.210 e. The van der Waals surface area contributed by atoms with Crippen molar-refractivity contribution in [2.24, 2.45) is 17.3 Å². The summed E-state index contributed by atoms with van der Waals surface area (Å²) in [7, 11) is 1.98. The summed E-state index contributed by atoms with van der Waals surface area (Å²) in [6, 6.07) is 7.79. The van der Waals surface area contributed by atoms with Gasteiger partial charge in [0, 0.05) is 28.7 Å². The van der Waals surface area contributed by atoms with Gasteiger partial charge in [0.25, 0.3) is 0 Å². The summed E-state index contributed by atoms with van der Waals surface area (Å²) in [5, 5.41) is 11.1. The highest BCUT2D eigenvalue weighted by molar-refractivity contribution is 7.07. The van der Waals surface area contributed by atoms with Crippen LogP contribution in [0.1, 0.15) is 13.8 Å². The molecule has 0 N–H and O–H groups in total. The van der Waals surface area contributed by atoms with Gasteiger partial charge in [-0.15, -0.1) is 16.4 Å². The minimum Gasteiger partial charge on any atom is -0.318 e. The fourth-order valence-electron chi connectivity index (χ4n) is 1.51. The van der Waals surface area contributed by atoms with E-state index in [9.17, 15) is 0 Å². The van der Waals surface area contributed by atoms with Crippen LogP contribution in [0.15, 0.2) is 39.8 Å². The molecule has 5 heteroatoms. The Morgan fingerprint density at radius 3 is 2.78 bits per heavy atom. The summed E-state index contributed by atoms with van der Waals surface area (Å²) in [4.78, 5) is 0.867. The maximum atomic E-state index is 6.01. The molecule has 0 saturated heterocycles. The van der Waals surface area contributed by atoms with E-state index < -0.39 is 0 Å². The Kier molecular flexibility index (Phi) is 3.99. The molecule has 1 aromatic heterocycles. The number of nitrogens with zero attached hydrogens (tertiary/aromatic N) is 3. The summed E-state index contributed by atoms with van der Waals surface area (Å²) >= 11 is 7.57. The number of hydrogen-bond donors (Lipinski definition) is 0. The first-order valence-electron chi connectivity index (χ1n) is 5.53. The maximum absolute atomic E-state index is 6.01. The van der Waals surface area contributed by atoms with Crippen LogP contribution in [-0.4, -0.2) is 10.3 Å². The Balaban J connectivity index is 2.49. The lowest BCUT2D eigenvalue weighted by Crippen LogP contribution is -2.10. The van der Waals surface area contributed by atoms with Crippen molar-refractivity contribution in [1.82, 2.24) is 4.57 Å². The van der Waals surface area contributed by atoms with Crippen LogP contribution in [0.3, 0.4) is 0 Å². The van der Waals surface area contributed by atoms with E-state index in [1.807, 2.05) is 49.7 Å². The first-order valence-corrected chi connectivity index (χ1v) is 6.79. The highest BCUT2D eigenvalue weighted by Crippen LogP contribution is 2.22. The largest absolute Gasteiger partial charge is 0.318 e.